The number of hydrogen-bond acceptors (Lipinski definition) is 5. The molecule has 3 aromatic rings. The van der Waals surface area contributed by atoms with Gasteiger partial charge in [0.25, 0.3) is 0 Å². The zero-order valence-electron chi connectivity index (χ0n) is 12.0. The average Bonchev–Trinajstić information content (AvgIpc) is 2.73. The van der Waals surface area contributed by atoms with E-state index >= 15 is 0 Å². The van der Waals surface area contributed by atoms with Gasteiger partial charge in [-0.25, -0.2) is 14.8 Å². The maximum atomic E-state index is 11.9. The van der Waals surface area contributed by atoms with Crippen molar-refractivity contribution in [3.8, 4) is 6.01 Å². The van der Waals surface area contributed by atoms with E-state index in [1.54, 1.807) is 35.6 Å². The second-order valence-electron chi connectivity index (χ2n) is 4.69. The largest absolute Gasteiger partial charge is 0.467 e. The SMILES string of the molecule is COc1ncc(Nc2ccc3c(c2)n(C)c(=O)n3C)cn1. The van der Waals surface area contributed by atoms with E-state index in [4.69, 9.17) is 4.74 Å². The molecular formula is C14H15N5O2. The van der Waals surface area contributed by atoms with Gasteiger partial charge in [-0.1, -0.05) is 0 Å². The van der Waals surface area contributed by atoms with E-state index in [2.05, 4.69) is 15.3 Å². The fraction of sp³-hybridized carbons (Fsp3) is 0.214. The summed E-state index contributed by atoms with van der Waals surface area (Å²) in [4.78, 5) is 20.0. The maximum Gasteiger partial charge on any atom is 0.328 e. The molecule has 7 heteroatoms. The molecule has 7 nitrogen and oxygen atoms in total. The van der Waals surface area contributed by atoms with Crippen molar-refractivity contribution in [1.82, 2.24) is 19.1 Å². The molecular weight excluding hydrogens is 270 g/mol. The van der Waals surface area contributed by atoms with Gasteiger partial charge in [-0.2, -0.15) is 0 Å². The van der Waals surface area contributed by atoms with Crippen LogP contribution < -0.4 is 15.7 Å². The third-order valence-electron chi connectivity index (χ3n) is 3.37. The molecule has 21 heavy (non-hydrogen) atoms. The summed E-state index contributed by atoms with van der Waals surface area (Å²) < 4.78 is 8.15. The first kappa shape index (κ1) is 13.2. The lowest BCUT2D eigenvalue weighted by Gasteiger charge is -2.06. The summed E-state index contributed by atoms with van der Waals surface area (Å²) >= 11 is 0. The number of methoxy groups -OCH3 is 1. The number of fused-ring (bicyclic) bond motifs is 1. The Morgan fingerprint density at radius 1 is 1.05 bits per heavy atom. The van der Waals surface area contributed by atoms with Crippen LogP contribution in [0, 0.1) is 0 Å². The van der Waals surface area contributed by atoms with Crippen LogP contribution in [0.15, 0.2) is 35.4 Å². The predicted octanol–water partition coefficient (Wildman–Crippen LogP) is 1.42. The lowest BCUT2D eigenvalue weighted by Crippen LogP contribution is -2.19. The van der Waals surface area contributed by atoms with Crippen LogP contribution in [0.3, 0.4) is 0 Å². The Morgan fingerprint density at radius 3 is 2.38 bits per heavy atom. The molecule has 0 radical (unpaired) electrons. The van der Waals surface area contributed by atoms with E-state index in [1.165, 1.54) is 7.11 Å². The molecule has 0 spiro atoms. The number of aromatic nitrogens is 4. The predicted molar refractivity (Wildman–Crippen MR) is 80.0 cm³/mol. The van der Waals surface area contributed by atoms with Crippen LogP contribution in [-0.2, 0) is 14.1 Å². The van der Waals surface area contributed by atoms with Crippen LogP contribution >= 0.6 is 0 Å². The third-order valence-corrected chi connectivity index (χ3v) is 3.37. The first-order valence-corrected chi connectivity index (χ1v) is 6.38. The van der Waals surface area contributed by atoms with E-state index in [0.29, 0.717) is 6.01 Å². The number of anilines is 2. The first-order valence-electron chi connectivity index (χ1n) is 6.38. The van der Waals surface area contributed by atoms with Gasteiger partial charge < -0.3 is 10.1 Å². The monoisotopic (exact) mass is 285 g/mol. The third kappa shape index (κ3) is 2.22. The van der Waals surface area contributed by atoms with Crippen LogP contribution in [0.4, 0.5) is 11.4 Å². The molecule has 0 aliphatic carbocycles. The number of hydrogen-bond donors (Lipinski definition) is 1. The molecule has 0 amide bonds. The van der Waals surface area contributed by atoms with Gasteiger partial charge in [-0.15, -0.1) is 0 Å². The average molecular weight is 285 g/mol. The van der Waals surface area contributed by atoms with Crippen molar-refractivity contribution in [2.45, 2.75) is 0 Å². The molecule has 0 aliphatic rings. The molecule has 108 valence electrons. The highest BCUT2D eigenvalue weighted by atomic mass is 16.5. The minimum absolute atomic E-state index is 0.0464. The Hall–Kier alpha value is -2.83. The highest BCUT2D eigenvalue weighted by Gasteiger charge is 2.08. The molecule has 2 heterocycles. The number of nitrogens with one attached hydrogen (secondary N) is 1. The number of ether oxygens (including phenoxy) is 1. The molecule has 0 fully saturated rings. The summed E-state index contributed by atoms with van der Waals surface area (Å²) in [6.45, 7) is 0. The smallest absolute Gasteiger partial charge is 0.328 e. The molecule has 0 aliphatic heterocycles. The number of benzene rings is 1. The quantitative estimate of drug-likeness (QED) is 0.787. The lowest BCUT2D eigenvalue weighted by molar-refractivity contribution is 0.380. The second kappa shape index (κ2) is 4.93. The van der Waals surface area contributed by atoms with Crippen LogP contribution in [0.5, 0.6) is 6.01 Å². The van der Waals surface area contributed by atoms with Gasteiger partial charge in [0.1, 0.15) is 0 Å². The molecule has 1 N–H and O–H groups in total. The molecule has 0 unspecified atom stereocenters. The zero-order chi connectivity index (χ0) is 15.0. The summed E-state index contributed by atoms with van der Waals surface area (Å²) in [5.74, 6) is 0. The molecule has 0 saturated heterocycles. The van der Waals surface area contributed by atoms with Gasteiger partial charge in [0.05, 0.1) is 36.2 Å². The molecule has 2 aromatic heterocycles. The molecule has 0 bridgehead atoms. The Balaban J connectivity index is 1.97. The molecule has 3 rings (SSSR count). The minimum atomic E-state index is -0.0464. The van der Waals surface area contributed by atoms with Crippen molar-refractivity contribution in [1.29, 1.82) is 0 Å². The number of imidazole rings is 1. The normalized spacial score (nSPS) is 10.8. The van der Waals surface area contributed by atoms with Crippen LogP contribution in [0.25, 0.3) is 11.0 Å². The molecule has 1 aromatic carbocycles. The second-order valence-corrected chi connectivity index (χ2v) is 4.69. The Morgan fingerprint density at radius 2 is 1.71 bits per heavy atom. The number of aryl methyl sites for hydroxylation is 2. The van der Waals surface area contributed by atoms with Gasteiger partial charge in [-0.05, 0) is 18.2 Å². The van der Waals surface area contributed by atoms with E-state index in [1.807, 2.05) is 18.2 Å². The van der Waals surface area contributed by atoms with E-state index < -0.39 is 0 Å². The zero-order valence-corrected chi connectivity index (χ0v) is 12.0. The summed E-state index contributed by atoms with van der Waals surface area (Å²) in [5.41, 5.74) is 3.31. The lowest BCUT2D eigenvalue weighted by atomic mass is 10.2. The van der Waals surface area contributed by atoms with Crippen LogP contribution in [-0.4, -0.2) is 26.2 Å². The van der Waals surface area contributed by atoms with Gasteiger partial charge in [0.15, 0.2) is 0 Å². The van der Waals surface area contributed by atoms with Gasteiger partial charge in [-0.3, -0.25) is 9.13 Å². The number of nitrogens with zero attached hydrogens (tertiary/aromatic N) is 4. The summed E-state index contributed by atoms with van der Waals surface area (Å²) in [7, 11) is 5.03. The van der Waals surface area contributed by atoms with Crippen molar-refractivity contribution in [2.75, 3.05) is 12.4 Å². The van der Waals surface area contributed by atoms with Crippen molar-refractivity contribution in [2.24, 2.45) is 14.1 Å². The van der Waals surface area contributed by atoms with E-state index in [0.717, 1.165) is 22.4 Å². The summed E-state index contributed by atoms with van der Waals surface area (Å²) in [6.07, 6.45) is 3.28. The van der Waals surface area contributed by atoms with Gasteiger partial charge in [0, 0.05) is 19.8 Å². The van der Waals surface area contributed by atoms with Crippen molar-refractivity contribution in [3.63, 3.8) is 0 Å². The first-order chi connectivity index (χ1) is 10.1. The Bertz CT molecular complexity index is 848. The summed E-state index contributed by atoms with van der Waals surface area (Å²) in [6, 6.07) is 6.05. The highest BCUT2D eigenvalue weighted by molar-refractivity contribution is 5.81. The van der Waals surface area contributed by atoms with Crippen molar-refractivity contribution >= 4 is 22.4 Å². The Labute approximate surface area is 120 Å². The maximum absolute atomic E-state index is 11.9. The van der Waals surface area contributed by atoms with E-state index in [9.17, 15) is 4.79 Å². The molecule has 0 saturated carbocycles. The van der Waals surface area contributed by atoms with Gasteiger partial charge >= 0.3 is 11.7 Å². The standard InChI is InChI=1S/C14H15N5O2/c1-18-11-5-4-9(6-12(11)19(2)14(18)20)17-10-7-15-13(21-3)16-8-10/h4-8,17H,1-3H3. The van der Waals surface area contributed by atoms with E-state index in [-0.39, 0.29) is 5.69 Å². The summed E-state index contributed by atoms with van der Waals surface area (Å²) in [5, 5.41) is 3.20. The van der Waals surface area contributed by atoms with Crippen LogP contribution in [0.2, 0.25) is 0 Å². The highest BCUT2D eigenvalue weighted by Crippen LogP contribution is 2.21. The van der Waals surface area contributed by atoms with Crippen molar-refractivity contribution < 1.29 is 4.74 Å². The van der Waals surface area contributed by atoms with Gasteiger partial charge in [0.2, 0.25) is 0 Å². The Kier molecular flexibility index (Phi) is 3.09. The van der Waals surface area contributed by atoms with Crippen molar-refractivity contribution in [3.05, 3.63) is 41.1 Å². The minimum Gasteiger partial charge on any atom is -0.467 e. The fourth-order valence-corrected chi connectivity index (χ4v) is 2.24. The number of rotatable bonds is 3. The van der Waals surface area contributed by atoms with Crippen LogP contribution in [0.1, 0.15) is 0 Å². The fourth-order valence-electron chi connectivity index (χ4n) is 2.24. The topological polar surface area (TPSA) is 74.0 Å². The molecule has 0 atom stereocenters.